The predicted molar refractivity (Wildman–Crippen MR) is 81.8 cm³/mol. The summed E-state index contributed by atoms with van der Waals surface area (Å²) < 4.78 is 26.6. The molecule has 2 aromatic heterocycles. The van der Waals surface area contributed by atoms with Gasteiger partial charge in [0, 0.05) is 10.7 Å². The monoisotopic (exact) mass is 378 g/mol. The van der Waals surface area contributed by atoms with Gasteiger partial charge in [-0.25, -0.2) is 10.1 Å². The molecule has 9 heteroatoms. The fourth-order valence-electron chi connectivity index (χ4n) is 1.97. The van der Waals surface area contributed by atoms with Gasteiger partial charge in [-0.15, -0.1) is 0 Å². The normalized spacial score (nSPS) is 11.5. The van der Waals surface area contributed by atoms with Crippen molar-refractivity contribution in [2.75, 3.05) is 0 Å². The van der Waals surface area contributed by atoms with Gasteiger partial charge in [0.2, 0.25) is 0 Å². The molecule has 0 saturated heterocycles. The lowest BCUT2D eigenvalue weighted by Crippen LogP contribution is -2.17. The molecule has 0 aliphatic carbocycles. The van der Waals surface area contributed by atoms with Gasteiger partial charge in [-0.3, -0.25) is 4.79 Å². The van der Waals surface area contributed by atoms with Gasteiger partial charge in [0.1, 0.15) is 0 Å². The molecule has 0 radical (unpaired) electrons. The quantitative estimate of drug-likeness (QED) is 0.728. The highest BCUT2D eigenvalue weighted by atomic mass is 79.9. The number of nitrogens with one attached hydrogen (secondary N) is 1. The fourth-order valence-corrected chi connectivity index (χ4v) is 3.62. The van der Waals surface area contributed by atoms with E-state index in [-0.39, 0.29) is 21.5 Å². The highest BCUT2D eigenvalue weighted by molar-refractivity contribution is 9.10. The number of nitriles is 1. The first-order chi connectivity index (χ1) is 10.4. The zero-order valence-corrected chi connectivity index (χ0v) is 13.2. The predicted octanol–water partition coefficient (Wildman–Crippen LogP) is 1.60. The maximum Gasteiger partial charge on any atom is 0.283 e. The van der Waals surface area contributed by atoms with Crippen LogP contribution in [0.3, 0.4) is 0 Å². The van der Waals surface area contributed by atoms with Crippen LogP contribution < -0.4 is 5.56 Å². The molecule has 22 heavy (non-hydrogen) atoms. The van der Waals surface area contributed by atoms with E-state index in [2.05, 4.69) is 26.0 Å². The van der Waals surface area contributed by atoms with E-state index < -0.39 is 15.6 Å². The lowest BCUT2D eigenvalue weighted by Gasteiger charge is -2.06. The van der Waals surface area contributed by atoms with Crippen LogP contribution in [0.1, 0.15) is 5.56 Å². The van der Waals surface area contributed by atoms with E-state index in [0.29, 0.717) is 8.56 Å². The first kappa shape index (κ1) is 14.5. The van der Waals surface area contributed by atoms with Gasteiger partial charge >= 0.3 is 0 Å². The second-order valence-electron chi connectivity index (χ2n) is 4.37. The number of pyridine rings is 1. The van der Waals surface area contributed by atoms with Gasteiger partial charge in [-0.05, 0) is 40.2 Å². The zero-order valence-electron chi connectivity index (χ0n) is 10.8. The standard InChI is InChI=1S/C13H7BrN4O3S/c14-9-5-11-12(16-7-9)18(17-13(11)19)22(20,21)10-3-1-2-8(4-10)6-15/h1-5,7H,(H,17,19). The molecule has 0 aliphatic rings. The van der Waals surface area contributed by atoms with Gasteiger partial charge < -0.3 is 0 Å². The van der Waals surface area contributed by atoms with Crippen LogP contribution in [0.4, 0.5) is 0 Å². The van der Waals surface area contributed by atoms with Crippen molar-refractivity contribution in [1.82, 2.24) is 14.2 Å². The van der Waals surface area contributed by atoms with Gasteiger partial charge in [-0.1, -0.05) is 6.07 Å². The maximum atomic E-state index is 12.6. The molecule has 2 heterocycles. The van der Waals surface area contributed by atoms with Crippen molar-refractivity contribution >= 4 is 37.0 Å². The summed E-state index contributed by atoms with van der Waals surface area (Å²) in [4.78, 5) is 15.8. The molecule has 1 N–H and O–H groups in total. The molecule has 7 nitrogen and oxygen atoms in total. The lowest BCUT2D eigenvalue weighted by atomic mass is 10.2. The molecule has 0 saturated carbocycles. The van der Waals surface area contributed by atoms with Crippen molar-refractivity contribution in [3.63, 3.8) is 0 Å². The highest BCUT2D eigenvalue weighted by Gasteiger charge is 2.22. The third kappa shape index (κ3) is 2.22. The van der Waals surface area contributed by atoms with Gasteiger partial charge in [-0.2, -0.15) is 17.8 Å². The Hall–Kier alpha value is -2.44. The van der Waals surface area contributed by atoms with E-state index in [0.717, 1.165) is 0 Å². The number of aromatic nitrogens is 3. The van der Waals surface area contributed by atoms with E-state index in [1.807, 2.05) is 6.07 Å². The molecule has 0 aliphatic heterocycles. The smallest absolute Gasteiger partial charge is 0.267 e. The Morgan fingerprint density at radius 2 is 2.09 bits per heavy atom. The number of halogens is 1. The van der Waals surface area contributed by atoms with Crippen molar-refractivity contribution in [2.24, 2.45) is 0 Å². The molecule has 3 aromatic rings. The number of rotatable bonds is 2. The van der Waals surface area contributed by atoms with Crippen LogP contribution >= 0.6 is 15.9 Å². The molecular weight excluding hydrogens is 372 g/mol. The Bertz CT molecular complexity index is 1090. The summed E-state index contributed by atoms with van der Waals surface area (Å²) in [6.07, 6.45) is 1.40. The first-order valence-electron chi connectivity index (χ1n) is 5.95. The summed E-state index contributed by atoms with van der Waals surface area (Å²) in [5.41, 5.74) is -0.366. The van der Waals surface area contributed by atoms with Crippen LogP contribution in [0.15, 0.2) is 50.7 Å². The average molecular weight is 379 g/mol. The minimum absolute atomic E-state index is 0.00411. The third-order valence-corrected chi connectivity index (χ3v) is 5.00. The fraction of sp³-hybridized carbons (Fsp3) is 0. The summed E-state index contributed by atoms with van der Waals surface area (Å²) in [6.45, 7) is 0. The molecule has 0 spiro atoms. The summed E-state index contributed by atoms with van der Waals surface area (Å²) in [7, 11) is -4.06. The number of benzene rings is 1. The number of nitrogens with zero attached hydrogens (tertiary/aromatic N) is 3. The van der Waals surface area contributed by atoms with Crippen molar-refractivity contribution in [2.45, 2.75) is 4.90 Å². The zero-order chi connectivity index (χ0) is 15.9. The number of hydrogen-bond donors (Lipinski definition) is 1. The van der Waals surface area contributed by atoms with Crippen molar-refractivity contribution in [1.29, 1.82) is 5.26 Å². The van der Waals surface area contributed by atoms with Gasteiger partial charge in [0.05, 0.1) is 21.9 Å². The second-order valence-corrected chi connectivity index (χ2v) is 7.08. The highest BCUT2D eigenvalue weighted by Crippen LogP contribution is 2.19. The second kappa shape index (κ2) is 5.08. The molecule has 0 bridgehead atoms. The summed E-state index contributed by atoms with van der Waals surface area (Å²) in [5, 5.41) is 11.3. The van der Waals surface area contributed by atoms with Crippen LogP contribution in [-0.2, 0) is 10.0 Å². The Labute approximate surface area is 133 Å². The maximum absolute atomic E-state index is 12.6. The molecule has 0 fully saturated rings. The molecule has 3 rings (SSSR count). The SMILES string of the molecule is N#Cc1cccc(S(=O)(=O)n2[nH]c(=O)c3cc(Br)cnc32)c1. The van der Waals surface area contributed by atoms with E-state index in [4.69, 9.17) is 5.26 Å². The van der Waals surface area contributed by atoms with Crippen molar-refractivity contribution in [3.05, 3.63) is 56.9 Å². The van der Waals surface area contributed by atoms with E-state index in [9.17, 15) is 13.2 Å². The summed E-state index contributed by atoms with van der Waals surface area (Å²) in [6, 6.07) is 8.89. The van der Waals surface area contributed by atoms with Crippen LogP contribution in [0.25, 0.3) is 11.0 Å². The number of hydrogen-bond acceptors (Lipinski definition) is 5. The Morgan fingerprint density at radius 3 is 2.82 bits per heavy atom. The van der Waals surface area contributed by atoms with Gasteiger partial charge in [0.25, 0.3) is 15.6 Å². The largest absolute Gasteiger partial charge is 0.283 e. The Morgan fingerprint density at radius 1 is 1.32 bits per heavy atom. The molecule has 0 amide bonds. The molecule has 1 aromatic carbocycles. The lowest BCUT2D eigenvalue weighted by molar-refractivity contribution is 0.581. The number of H-pyrrole nitrogens is 1. The Kier molecular flexibility index (Phi) is 3.35. The minimum atomic E-state index is -4.06. The molecular formula is C13H7BrN4O3S. The number of aromatic amines is 1. The molecule has 0 unspecified atom stereocenters. The van der Waals surface area contributed by atoms with Crippen LogP contribution in [0.5, 0.6) is 0 Å². The van der Waals surface area contributed by atoms with E-state index >= 15 is 0 Å². The van der Waals surface area contributed by atoms with E-state index in [1.54, 1.807) is 0 Å². The van der Waals surface area contributed by atoms with Crippen LogP contribution in [0, 0.1) is 11.3 Å². The summed E-state index contributed by atoms with van der Waals surface area (Å²) >= 11 is 3.18. The van der Waals surface area contributed by atoms with E-state index in [1.165, 1.54) is 36.5 Å². The molecule has 110 valence electrons. The summed E-state index contributed by atoms with van der Waals surface area (Å²) in [5.74, 6) is 0. The van der Waals surface area contributed by atoms with Crippen LogP contribution in [-0.4, -0.2) is 22.6 Å². The minimum Gasteiger partial charge on any atom is -0.267 e. The van der Waals surface area contributed by atoms with Gasteiger partial charge in [0.15, 0.2) is 5.65 Å². The first-order valence-corrected chi connectivity index (χ1v) is 8.19. The van der Waals surface area contributed by atoms with Crippen LogP contribution in [0.2, 0.25) is 0 Å². The number of fused-ring (bicyclic) bond motifs is 1. The average Bonchev–Trinajstić information content (AvgIpc) is 2.85. The van der Waals surface area contributed by atoms with Crippen molar-refractivity contribution < 1.29 is 8.42 Å². The molecule has 0 atom stereocenters. The Balaban J connectivity index is 2.30. The topological polar surface area (TPSA) is 109 Å². The third-order valence-electron chi connectivity index (χ3n) is 2.97. The van der Waals surface area contributed by atoms with Crippen molar-refractivity contribution in [3.8, 4) is 6.07 Å².